The summed E-state index contributed by atoms with van der Waals surface area (Å²) in [6.45, 7) is 5.92. The van der Waals surface area contributed by atoms with E-state index in [1.165, 1.54) is 13.2 Å². The van der Waals surface area contributed by atoms with Crippen LogP contribution in [0.2, 0.25) is 0 Å². The smallest absolute Gasteiger partial charge is 0.266 e. The number of nitrogens with one attached hydrogen (secondary N) is 1. The van der Waals surface area contributed by atoms with Crippen LogP contribution >= 0.6 is 0 Å². The monoisotopic (exact) mass is 298 g/mol. The third-order valence-corrected chi connectivity index (χ3v) is 3.44. The summed E-state index contributed by atoms with van der Waals surface area (Å²) in [5, 5.41) is 19.2. The zero-order valence-electron chi connectivity index (χ0n) is 13.0. The topological polar surface area (TPSA) is 86.1 Å². The van der Waals surface area contributed by atoms with Crippen LogP contribution in [0, 0.1) is 11.3 Å². The summed E-state index contributed by atoms with van der Waals surface area (Å²) >= 11 is 0. The van der Waals surface area contributed by atoms with Crippen LogP contribution in [0.3, 0.4) is 0 Å². The van der Waals surface area contributed by atoms with Gasteiger partial charge < -0.3 is 14.8 Å². The second kappa shape index (κ2) is 5.57. The van der Waals surface area contributed by atoms with Crippen LogP contribution in [0.4, 0.5) is 0 Å². The summed E-state index contributed by atoms with van der Waals surface area (Å²) in [4.78, 5) is 14.9. The Morgan fingerprint density at radius 2 is 1.95 bits per heavy atom. The molecule has 1 heterocycles. The number of ether oxygens (including phenoxy) is 1. The van der Waals surface area contributed by atoms with Gasteiger partial charge in [-0.25, -0.2) is 0 Å². The molecule has 0 spiro atoms. The molecule has 0 atom stereocenters. The molecular formula is C17H18N2O3. The van der Waals surface area contributed by atoms with E-state index in [1.54, 1.807) is 18.2 Å². The Balaban J connectivity index is 2.74. The first-order valence-corrected chi connectivity index (χ1v) is 6.83. The highest BCUT2D eigenvalue weighted by Gasteiger charge is 2.20. The second-order valence-electron chi connectivity index (χ2n) is 6.05. The quantitative estimate of drug-likeness (QED) is 0.892. The van der Waals surface area contributed by atoms with Gasteiger partial charge >= 0.3 is 0 Å². The van der Waals surface area contributed by atoms with Crippen molar-refractivity contribution in [1.29, 1.82) is 5.26 Å². The summed E-state index contributed by atoms with van der Waals surface area (Å²) in [5.41, 5.74) is 1.14. The van der Waals surface area contributed by atoms with Crippen LogP contribution in [0.1, 0.15) is 32.0 Å². The number of benzene rings is 1. The fourth-order valence-electron chi connectivity index (χ4n) is 2.16. The number of phenolic OH excluding ortho intramolecular Hbond substituents is 1. The maximum absolute atomic E-state index is 12.2. The van der Waals surface area contributed by atoms with Crippen LogP contribution in [0.25, 0.3) is 11.1 Å². The van der Waals surface area contributed by atoms with E-state index in [4.69, 9.17) is 4.74 Å². The lowest BCUT2D eigenvalue weighted by molar-refractivity contribution is 0.373. The van der Waals surface area contributed by atoms with Crippen LogP contribution in [-0.4, -0.2) is 17.2 Å². The summed E-state index contributed by atoms with van der Waals surface area (Å²) in [6, 6.07) is 8.51. The van der Waals surface area contributed by atoms with E-state index < -0.39 is 5.56 Å². The van der Waals surface area contributed by atoms with Gasteiger partial charge in [0.2, 0.25) is 0 Å². The Bertz CT molecular complexity index is 808. The molecule has 0 bridgehead atoms. The molecule has 5 nitrogen and oxygen atoms in total. The number of aromatic nitrogens is 1. The number of hydrogen-bond donors (Lipinski definition) is 2. The molecule has 2 aromatic rings. The minimum absolute atomic E-state index is 0.0255. The van der Waals surface area contributed by atoms with Crippen LogP contribution in [0.5, 0.6) is 11.5 Å². The van der Waals surface area contributed by atoms with Gasteiger partial charge in [0.15, 0.2) is 11.5 Å². The van der Waals surface area contributed by atoms with Crippen molar-refractivity contribution in [3.8, 4) is 28.7 Å². The molecule has 0 saturated carbocycles. The molecule has 2 N–H and O–H groups in total. The lowest BCUT2D eigenvalue weighted by Gasteiger charge is -2.20. The molecule has 1 aromatic carbocycles. The van der Waals surface area contributed by atoms with Crippen molar-refractivity contribution in [2.24, 2.45) is 0 Å². The molecule has 0 unspecified atom stereocenters. The number of methoxy groups -OCH3 is 1. The minimum Gasteiger partial charge on any atom is -0.504 e. The third-order valence-electron chi connectivity index (χ3n) is 3.44. The highest BCUT2D eigenvalue weighted by molar-refractivity contribution is 5.72. The molecule has 0 fully saturated rings. The molecule has 0 aliphatic heterocycles. The number of hydrogen-bond acceptors (Lipinski definition) is 4. The molecule has 2 rings (SSSR count). The number of aromatic amines is 1. The summed E-state index contributed by atoms with van der Waals surface area (Å²) in [5.74, 6) is 0.296. The molecule has 0 aliphatic carbocycles. The lowest BCUT2D eigenvalue weighted by atomic mass is 9.89. The molecule has 5 heteroatoms. The van der Waals surface area contributed by atoms with Gasteiger partial charge in [0.25, 0.3) is 5.56 Å². The van der Waals surface area contributed by atoms with Gasteiger partial charge in [0.1, 0.15) is 11.6 Å². The van der Waals surface area contributed by atoms with Crippen LogP contribution in [-0.2, 0) is 5.41 Å². The van der Waals surface area contributed by atoms with E-state index in [9.17, 15) is 15.2 Å². The summed E-state index contributed by atoms with van der Waals surface area (Å²) in [7, 11) is 1.46. The van der Waals surface area contributed by atoms with Gasteiger partial charge in [0, 0.05) is 16.7 Å². The highest BCUT2D eigenvalue weighted by Crippen LogP contribution is 2.33. The average molecular weight is 298 g/mol. The molecular weight excluding hydrogens is 280 g/mol. The zero-order chi connectivity index (χ0) is 16.5. The van der Waals surface area contributed by atoms with Gasteiger partial charge in [-0.15, -0.1) is 0 Å². The Kier molecular flexibility index (Phi) is 3.96. The molecule has 0 saturated heterocycles. The van der Waals surface area contributed by atoms with Crippen molar-refractivity contribution in [2.75, 3.05) is 7.11 Å². The summed E-state index contributed by atoms with van der Waals surface area (Å²) in [6.07, 6.45) is 0. The Hall–Kier alpha value is -2.74. The molecule has 22 heavy (non-hydrogen) atoms. The van der Waals surface area contributed by atoms with E-state index in [0.717, 1.165) is 5.69 Å². The zero-order valence-corrected chi connectivity index (χ0v) is 13.0. The van der Waals surface area contributed by atoms with Crippen molar-refractivity contribution in [1.82, 2.24) is 4.98 Å². The number of rotatable bonds is 2. The summed E-state index contributed by atoms with van der Waals surface area (Å²) < 4.78 is 5.01. The van der Waals surface area contributed by atoms with Crippen molar-refractivity contribution in [2.45, 2.75) is 26.2 Å². The predicted molar refractivity (Wildman–Crippen MR) is 84.1 cm³/mol. The molecule has 114 valence electrons. The molecule has 1 aromatic heterocycles. The molecule has 0 amide bonds. The average Bonchev–Trinajstić information content (AvgIpc) is 2.45. The number of aromatic hydroxyl groups is 1. The number of nitriles is 1. The predicted octanol–water partition coefficient (Wildman–Crippen LogP) is 2.93. The second-order valence-corrected chi connectivity index (χ2v) is 6.05. The lowest BCUT2D eigenvalue weighted by Crippen LogP contribution is -2.22. The molecule has 0 aliphatic rings. The number of H-pyrrole nitrogens is 1. The fraction of sp³-hybridized carbons (Fsp3) is 0.294. The third kappa shape index (κ3) is 2.82. The first-order chi connectivity index (χ1) is 10.3. The minimum atomic E-state index is -0.430. The molecule has 0 radical (unpaired) electrons. The van der Waals surface area contributed by atoms with Gasteiger partial charge in [-0.1, -0.05) is 26.8 Å². The van der Waals surface area contributed by atoms with Crippen LogP contribution < -0.4 is 10.3 Å². The first-order valence-electron chi connectivity index (χ1n) is 6.83. The van der Waals surface area contributed by atoms with E-state index in [2.05, 4.69) is 4.98 Å². The van der Waals surface area contributed by atoms with Gasteiger partial charge in [-0.2, -0.15) is 5.26 Å². The van der Waals surface area contributed by atoms with Crippen molar-refractivity contribution in [3.05, 3.63) is 45.9 Å². The SMILES string of the molecule is COc1ccc(-c2cc(C(C)(C)C)[nH]c(=O)c2C#N)cc1O. The van der Waals surface area contributed by atoms with Gasteiger partial charge in [0.05, 0.1) is 7.11 Å². The van der Waals surface area contributed by atoms with E-state index in [1.807, 2.05) is 26.8 Å². The maximum atomic E-state index is 12.2. The van der Waals surface area contributed by atoms with Crippen molar-refractivity contribution >= 4 is 0 Å². The Morgan fingerprint density at radius 3 is 2.45 bits per heavy atom. The van der Waals surface area contributed by atoms with E-state index >= 15 is 0 Å². The van der Waals surface area contributed by atoms with E-state index in [0.29, 0.717) is 16.9 Å². The largest absolute Gasteiger partial charge is 0.504 e. The number of phenols is 1. The van der Waals surface area contributed by atoms with E-state index in [-0.39, 0.29) is 16.7 Å². The fourth-order valence-corrected chi connectivity index (χ4v) is 2.16. The number of nitrogens with zero attached hydrogens (tertiary/aromatic N) is 1. The Labute approximate surface area is 128 Å². The normalized spacial score (nSPS) is 11.0. The van der Waals surface area contributed by atoms with Crippen molar-refractivity contribution < 1.29 is 9.84 Å². The first kappa shape index (κ1) is 15.6. The maximum Gasteiger partial charge on any atom is 0.266 e. The van der Waals surface area contributed by atoms with Crippen molar-refractivity contribution in [3.63, 3.8) is 0 Å². The van der Waals surface area contributed by atoms with Gasteiger partial charge in [-0.05, 0) is 23.8 Å². The number of pyridine rings is 1. The standard InChI is InChI=1S/C17H18N2O3/c1-17(2,3)15-8-11(12(9-18)16(21)19-15)10-5-6-14(22-4)13(20)7-10/h5-8,20H,1-4H3,(H,19,21). The highest BCUT2D eigenvalue weighted by atomic mass is 16.5. The van der Waals surface area contributed by atoms with Crippen LogP contribution in [0.15, 0.2) is 29.1 Å². The van der Waals surface area contributed by atoms with Gasteiger partial charge in [-0.3, -0.25) is 4.79 Å². The Morgan fingerprint density at radius 1 is 1.27 bits per heavy atom.